The highest BCUT2D eigenvalue weighted by Gasteiger charge is 2.26. The van der Waals surface area contributed by atoms with Crippen molar-refractivity contribution in [2.75, 3.05) is 0 Å². The fourth-order valence-electron chi connectivity index (χ4n) is 2.72. The molecule has 6 nitrogen and oxygen atoms in total. The van der Waals surface area contributed by atoms with E-state index in [0.717, 1.165) is 10.0 Å². The van der Waals surface area contributed by atoms with Crippen LogP contribution in [0.5, 0.6) is 0 Å². The second kappa shape index (κ2) is 7.05. The average Bonchev–Trinajstić information content (AvgIpc) is 2.92. The van der Waals surface area contributed by atoms with E-state index in [1.807, 2.05) is 0 Å². The van der Waals surface area contributed by atoms with Gasteiger partial charge < -0.3 is 5.11 Å². The molecule has 0 unspecified atom stereocenters. The Hall–Kier alpha value is -2.45. The van der Waals surface area contributed by atoms with Gasteiger partial charge in [-0.2, -0.15) is 0 Å². The number of carbonyl (C=O) groups is 1. The van der Waals surface area contributed by atoms with Gasteiger partial charge in [0, 0.05) is 12.1 Å². The second-order valence-electron chi connectivity index (χ2n) is 5.62. The first-order valence-corrected chi connectivity index (χ1v) is 9.51. The highest BCUT2D eigenvalue weighted by Crippen LogP contribution is 2.28. The molecule has 0 aliphatic carbocycles. The van der Waals surface area contributed by atoms with Gasteiger partial charge in [0.1, 0.15) is 15.9 Å². The van der Waals surface area contributed by atoms with E-state index in [4.69, 9.17) is 16.7 Å². The number of carboxylic acids is 1. The van der Waals surface area contributed by atoms with Crippen molar-refractivity contribution >= 4 is 38.6 Å². The van der Waals surface area contributed by atoms with Crippen LogP contribution in [0.4, 0.5) is 4.39 Å². The number of halogens is 2. The molecule has 0 atom stereocenters. The monoisotopic (exact) mass is 396 g/mol. The maximum Gasteiger partial charge on any atom is 0.303 e. The van der Waals surface area contributed by atoms with Crippen molar-refractivity contribution in [3.8, 4) is 0 Å². The molecule has 3 rings (SSSR count). The van der Waals surface area contributed by atoms with Gasteiger partial charge in [0.15, 0.2) is 0 Å². The lowest BCUT2D eigenvalue weighted by Gasteiger charge is -2.12. The molecule has 1 aromatic carbocycles. The van der Waals surface area contributed by atoms with Gasteiger partial charge >= 0.3 is 5.97 Å². The highest BCUT2D eigenvalue weighted by atomic mass is 35.5. The molecule has 136 valence electrons. The third-order valence-electron chi connectivity index (χ3n) is 3.83. The van der Waals surface area contributed by atoms with E-state index in [2.05, 4.69) is 4.98 Å². The molecule has 0 amide bonds. The minimum atomic E-state index is -4.24. The van der Waals surface area contributed by atoms with Gasteiger partial charge in [0.05, 0.1) is 11.0 Å². The van der Waals surface area contributed by atoms with Crippen LogP contribution in [0.3, 0.4) is 0 Å². The van der Waals surface area contributed by atoms with Gasteiger partial charge in [-0.15, -0.1) is 0 Å². The van der Waals surface area contributed by atoms with E-state index < -0.39 is 26.7 Å². The number of hydrogen-bond acceptors (Lipinski definition) is 4. The summed E-state index contributed by atoms with van der Waals surface area (Å²) in [7, 11) is -4.24. The number of aliphatic carboxylic acids is 1. The van der Waals surface area contributed by atoms with E-state index in [1.165, 1.54) is 36.4 Å². The molecule has 0 bridgehead atoms. The van der Waals surface area contributed by atoms with Crippen LogP contribution >= 0.6 is 11.6 Å². The molecule has 0 spiro atoms. The van der Waals surface area contributed by atoms with Crippen LogP contribution in [0.1, 0.15) is 18.5 Å². The molecule has 0 saturated carbocycles. The lowest BCUT2D eigenvalue weighted by Crippen LogP contribution is -2.17. The normalized spacial score (nSPS) is 11.8. The molecular weight excluding hydrogens is 383 g/mol. The standard InChI is InChI=1S/C17H14ClFN2O4S/c18-16-9-8-14-13(20-16)10-11(4-3-7-17(22)23)21(14)26(24,25)15-6-2-1-5-12(15)19/h1-2,5-6,8-10H,3-4,7H2,(H,22,23). The molecule has 0 saturated heterocycles. The summed E-state index contributed by atoms with van der Waals surface area (Å²) in [6.45, 7) is 0. The zero-order valence-electron chi connectivity index (χ0n) is 13.4. The number of fused-ring (bicyclic) bond motifs is 1. The Balaban J connectivity index is 2.19. The fourth-order valence-corrected chi connectivity index (χ4v) is 4.50. The Morgan fingerprint density at radius 3 is 2.65 bits per heavy atom. The van der Waals surface area contributed by atoms with Gasteiger partial charge in [-0.3, -0.25) is 4.79 Å². The molecule has 0 aliphatic heterocycles. The largest absolute Gasteiger partial charge is 0.481 e. The van der Waals surface area contributed by atoms with Crippen LogP contribution < -0.4 is 0 Å². The smallest absolute Gasteiger partial charge is 0.303 e. The van der Waals surface area contributed by atoms with E-state index in [9.17, 15) is 17.6 Å². The van der Waals surface area contributed by atoms with Crippen LogP contribution in [-0.4, -0.2) is 28.5 Å². The van der Waals surface area contributed by atoms with Crippen LogP contribution in [0.15, 0.2) is 47.4 Å². The van der Waals surface area contributed by atoms with Crippen LogP contribution in [0.2, 0.25) is 5.15 Å². The molecular formula is C17H14ClFN2O4S. The molecule has 1 N–H and O–H groups in total. The number of benzene rings is 1. The van der Waals surface area contributed by atoms with E-state index in [1.54, 1.807) is 0 Å². The van der Waals surface area contributed by atoms with Crippen molar-refractivity contribution in [3.05, 3.63) is 59.1 Å². The number of carboxylic acid groups (broad SMARTS) is 1. The molecule has 26 heavy (non-hydrogen) atoms. The number of aryl methyl sites for hydroxylation is 1. The van der Waals surface area contributed by atoms with E-state index in [0.29, 0.717) is 11.2 Å². The first-order valence-electron chi connectivity index (χ1n) is 7.69. The Morgan fingerprint density at radius 2 is 1.96 bits per heavy atom. The van der Waals surface area contributed by atoms with Crippen molar-refractivity contribution in [2.45, 2.75) is 24.2 Å². The predicted octanol–water partition coefficient (Wildman–Crippen LogP) is 3.47. The van der Waals surface area contributed by atoms with Crippen molar-refractivity contribution in [1.29, 1.82) is 0 Å². The SMILES string of the molecule is O=C(O)CCCc1cc2nc(Cl)ccc2n1S(=O)(=O)c1ccccc1F. The molecule has 2 heterocycles. The third kappa shape index (κ3) is 3.42. The lowest BCUT2D eigenvalue weighted by atomic mass is 10.2. The summed E-state index contributed by atoms with van der Waals surface area (Å²) >= 11 is 5.88. The third-order valence-corrected chi connectivity index (χ3v) is 5.84. The summed E-state index contributed by atoms with van der Waals surface area (Å²) in [5.74, 6) is -1.85. The Bertz CT molecular complexity index is 1100. The zero-order valence-corrected chi connectivity index (χ0v) is 15.0. The maximum absolute atomic E-state index is 14.1. The number of nitrogens with zero attached hydrogens (tertiary/aromatic N) is 2. The number of aromatic nitrogens is 2. The zero-order chi connectivity index (χ0) is 18.9. The summed E-state index contributed by atoms with van der Waals surface area (Å²) in [5, 5.41) is 9.00. The van der Waals surface area contributed by atoms with Crippen LogP contribution in [0, 0.1) is 5.82 Å². The predicted molar refractivity (Wildman–Crippen MR) is 94.3 cm³/mol. The number of pyridine rings is 1. The van der Waals surface area contributed by atoms with Crippen molar-refractivity contribution in [2.24, 2.45) is 0 Å². The summed E-state index contributed by atoms with van der Waals surface area (Å²) in [5.41, 5.74) is 0.907. The molecule has 0 fully saturated rings. The first kappa shape index (κ1) is 18.3. The number of hydrogen-bond donors (Lipinski definition) is 1. The minimum Gasteiger partial charge on any atom is -0.481 e. The fraction of sp³-hybridized carbons (Fsp3) is 0.176. The summed E-state index contributed by atoms with van der Waals surface area (Å²) in [6, 6.07) is 9.54. The van der Waals surface area contributed by atoms with Gasteiger partial charge in [-0.05, 0) is 43.2 Å². The summed E-state index contributed by atoms with van der Waals surface area (Å²) in [4.78, 5) is 14.4. The summed E-state index contributed by atoms with van der Waals surface area (Å²) < 4.78 is 41.3. The van der Waals surface area contributed by atoms with Gasteiger partial charge in [-0.1, -0.05) is 23.7 Å². The minimum absolute atomic E-state index is 0.116. The topological polar surface area (TPSA) is 89.3 Å². The van der Waals surface area contributed by atoms with E-state index >= 15 is 0 Å². The maximum atomic E-state index is 14.1. The van der Waals surface area contributed by atoms with Crippen molar-refractivity contribution in [3.63, 3.8) is 0 Å². The molecule has 2 aromatic heterocycles. The Kier molecular flexibility index (Phi) is 4.97. The van der Waals surface area contributed by atoms with Crippen molar-refractivity contribution in [1.82, 2.24) is 8.96 Å². The molecule has 9 heteroatoms. The number of rotatable bonds is 6. The molecule has 0 aliphatic rings. The molecule has 0 radical (unpaired) electrons. The average molecular weight is 397 g/mol. The lowest BCUT2D eigenvalue weighted by molar-refractivity contribution is -0.137. The van der Waals surface area contributed by atoms with Crippen LogP contribution in [0.25, 0.3) is 11.0 Å². The van der Waals surface area contributed by atoms with Gasteiger partial charge in [-0.25, -0.2) is 21.8 Å². The van der Waals surface area contributed by atoms with Gasteiger partial charge in [0.2, 0.25) is 0 Å². The Labute approximate surface area is 153 Å². The van der Waals surface area contributed by atoms with E-state index in [-0.39, 0.29) is 29.9 Å². The summed E-state index contributed by atoms with van der Waals surface area (Å²) in [6.07, 6.45) is 0.287. The van der Waals surface area contributed by atoms with Crippen molar-refractivity contribution < 1.29 is 22.7 Å². The first-order chi connectivity index (χ1) is 12.3. The van der Waals surface area contributed by atoms with Gasteiger partial charge in [0.25, 0.3) is 10.0 Å². The second-order valence-corrected chi connectivity index (χ2v) is 7.76. The highest BCUT2D eigenvalue weighted by molar-refractivity contribution is 7.90. The molecule has 3 aromatic rings. The van der Waals surface area contributed by atoms with Crippen LogP contribution in [-0.2, 0) is 21.2 Å². The Morgan fingerprint density at radius 1 is 1.23 bits per heavy atom. The quantitative estimate of drug-likeness (QED) is 0.644.